The van der Waals surface area contributed by atoms with Crippen LogP contribution in [0.25, 0.3) is 0 Å². The van der Waals surface area contributed by atoms with Gasteiger partial charge in [0.25, 0.3) is 0 Å². The van der Waals surface area contributed by atoms with Crippen LogP contribution in [0.5, 0.6) is 0 Å². The summed E-state index contributed by atoms with van der Waals surface area (Å²) in [5.74, 6) is -0.379. The monoisotopic (exact) mass is 289 g/mol. The van der Waals surface area contributed by atoms with Crippen LogP contribution in [0, 0.1) is 0 Å². The number of amides is 1. The summed E-state index contributed by atoms with van der Waals surface area (Å²) < 4.78 is 22.4. The Kier molecular flexibility index (Phi) is 3.10. The fourth-order valence-corrected chi connectivity index (χ4v) is 2.09. The molecule has 8 heteroatoms. The molecule has 0 bridgehead atoms. The normalized spacial score (nSPS) is 17.3. The molecule has 1 amide bonds. The first-order valence-corrected chi connectivity index (χ1v) is 7.07. The van der Waals surface area contributed by atoms with E-state index in [1.54, 1.807) is 0 Å². The molecule has 1 aliphatic carbocycles. The Morgan fingerprint density at radius 1 is 1.39 bits per heavy atom. The third-order valence-electron chi connectivity index (χ3n) is 2.76. The van der Waals surface area contributed by atoms with Crippen molar-refractivity contribution in [3.05, 3.63) is 23.2 Å². The first kappa shape index (κ1) is 13.3. The summed E-state index contributed by atoms with van der Waals surface area (Å²) >= 11 is 5.87. The van der Waals surface area contributed by atoms with Gasteiger partial charge in [0.1, 0.15) is 0 Å². The van der Waals surface area contributed by atoms with Crippen molar-refractivity contribution in [1.82, 2.24) is 0 Å². The standard InChI is InChI=1S/C10H12ClN3O3S/c11-7-2-1-6(18(13,16)17)5-8(7)14-9(15)10(12)3-4-10/h1-2,5H,3-4,12H2,(H,14,15)(H2,13,16,17). The Morgan fingerprint density at radius 3 is 2.50 bits per heavy atom. The minimum atomic E-state index is -3.84. The molecule has 0 unspecified atom stereocenters. The molecule has 1 saturated carbocycles. The minimum Gasteiger partial charge on any atom is -0.323 e. The van der Waals surface area contributed by atoms with E-state index in [0.717, 1.165) is 0 Å². The van der Waals surface area contributed by atoms with Gasteiger partial charge in [-0.15, -0.1) is 0 Å². The summed E-state index contributed by atoms with van der Waals surface area (Å²) in [6.07, 6.45) is 1.21. The minimum absolute atomic E-state index is 0.121. The predicted octanol–water partition coefficient (Wildman–Crippen LogP) is 0.417. The van der Waals surface area contributed by atoms with Crippen LogP contribution in [0.3, 0.4) is 0 Å². The number of nitrogens with one attached hydrogen (secondary N) is 1. The van der Waals surface area contributed by atoms with Gasteiger partial charge in [0.15, 0.2) is 0 Å². The summed E-state index contributed by atoms with van der Waals surface area (Å²) in [5, 5.41) is 7.73. The summed E-state index contributed by atoms with van der Waals surface area (Å²) in [7, 11) is -3.84. The van der Waals surface area contributed by atoms with Crippen molar-refractivity contribution in [2.24, 2.45) is 10.9 Å². The summed E-state index contributed by atoms with van der Waals surface area (Å²) in [4.78, 5) is 11.6. The van der Waals surface area contributed by atoms with Crippen molar-refractivity contribution >= 4 is 33.2 Å². The van der Waals surface area contributed by atoms with Gasteiger partial charge in [-0.25, -0.2) is 13.6 Å². The fraction of sp³-hybridized carbons (Fsp3) is 0.300. The Bertz CT molecular complexity index is 611. The van der Waals surface area contributed by atoms with Crippen LogP contribution in [0.15, 0.2) is 23.1 Å². The molecule has 0 aromatic heterocycles. The van der Waals surface area contributed by atoms with E-state index in [1.165, 1.54) is 18.2 Å². The molecule has 18 heavy (non-hydrogen) atoms. The van der Waals surface area contributed by atoms with Gasteiger partial charge in [0.05, 0.1) is 21.1 Å². The first-order chi connectivity index (χ1) is 8.22. The van der Waals surface area contributed by atoms with Gasteiger partial charge < -0.3 is 11.1 Å². The second-order valence-corrected chi connectivity index (χ2v) is 6.27. The molecule has 2 rings (SSSR count). The lowest BCUT2D eigenvalue weighted by atomic mass is 10.2. The highest BCUT2D eigenvalue weighted by Crippen LogP contribution is 2.34. The molecule has 0 heterocycles. The lowest BCUT2D eigenvalue weighted by molar-refractivity contribution is -0.118. The van der Waals surface area contributed by atoms with E-state index in [-0.39, 0.29) is 21.5 Å². The number of sulfonamides is 1. The van der Waals surface area contributed by atoms with E-state index >= 15 is 0 Å². The molecular weight excluding hydrogens is 278 g/mol. The number of halogens is 1. The number of rotatable bonds is 3. The molecule has 1 aromatic rings. The van der Waals surface area contributed by atoms with Gasteiger partial charge >= 0.3 is 0 Å². The molecule has 1 fully saturated rings. The highest BCUT2D eigenvalue weighted by molar-refractivity contribution is 7.89. The SMILES string of the molecule is NC1(C(=O)Nc2cc(S(N)(=O)=O)ccc2Cl)CC1. The van der Waals surface area contributed by atoms with E-state index in [9.17, 15) is 13.2 Å². The van der Waals surface area contributed by atoms with Gasteiger partial charge in [-0.3, -0.25) is 4.79 Å². The number of primary sulfonamides is 1. The number of anilines is 1. The van der Waals surface area contributed by atoms with Crippen LogP contribution < -0.4 is 16.2 Å². The zero-order valence-electron chi connectivity index (χ0n) is 9.31. The number of nitrogens with two attached hydrogens (primary N) is 2. The second kappa shape index (κ2) is 4.20. The highest BCUT2D eigenvalue weighted by atomic mass is 35.5. The molecule has 0 atom stereocenters. The lowest BCUT2D eigenvalue weighted by Crippen LogP contribution is -2.37. The molecule has 0 aliphatic heterocycles. The number of benzene rings is 1. The Hall–Kier alpha value is -1.15. The van der Waals surface area contributed by atoms with Crippen LogP contribution in [0.4, 0.5) is 5.69 Å². The maximum absolute atomic E-state index is 11.7. The van der Waals surface area contributed by atoms with Gasteiger partial charge in [0, 0.05) is 0 Å². The van der Waals surface area contributed by atoms with Crippen molar-refractivity contribution in [3.8, 4) is 0 Å². The fourth-order valence-electron chi connectivity index (χ4n) is 1.39. The molecule has 1 aromatic carbocycles. The molecule has 1 aliphatic rings. The largest absolute Gasteiger partial charge is 0.323 e. The zero-order chi connectivity index (χ0) is 13.6. The molecule has 98 valence electrons. The quantitative estimate of drug-likeness (QED) is 0.747. The number of hydrogen-bond acceptors (Lipinski definition) is 4. The van der Waals surface area contributed by atoms with E-state index in [4.69, 9.17) is 22.5 Å². The summed E-state index contributed by atoms with van der Waals surface area (Å²) in [5.41, 5.74) is 5.04. The Balaban J connectivity index is 2.30. The molecule has 0 spiro atoms. The van der Waals surface area contributed by atoms with Crippen LogP contribution in [-0.4, -0.2) is 19.9 Å². The van der Waals surface area contributed by atoms with Gasteiger partial charge in [0.2, 0.25) is 15.9 Å². The zero-order valence-corrected chi connectivity index (χ0v) is 10.9. The maximum atomic E-state index is 11.7. The van der Waals surface area contributed by atoms with E-state index in [0.29, 0.717) is 12.8 Å². The number of carbonyl (C=O) groups excluding carboxylic acids is 1. The highest BCUT2D eigenvalue weighted by Gasteiger charge is 2.46. The number of carbonyl (C=O) groups is 1. The van der Waals surface area contributed by atoms with E-state index in [1.807, 2.05) is 0 Å². The van der Waals surface area contributed by atoms with Crippen molar-refractivity contribution < 1.29 is 13.2 Å². The van der Waals surface area contributed by atoms with E-state index in [2.05, 4.69) is 5.32 Å². The predicted molar refractivity (Wildman–Crippen MR) is 67.6 cm³/mol. The summed E-state index contributed by atoms with van der Waals surface area (Å²) in [6, 6.07) is 3.83. The maximum Gasteiger partial charge on any atom is 0.244 e. The Labute approximate surface area is 109 Å². The molecular formula is C10H12ClN3O3S. The third-order valence-corrected chi connectivity index (χ3v) is 4.00. The topological polar surface area (TPSA) is 115 Å². The first-order valence-electron chi connectivity index (χ1n) is 5.15. The van der Waals surface area contributed by atoms with Crippen molar-refractivity contribution in [2.75, 3.05) is 5.32 Å². The van der Waals surface area contributed by atoms with Crippen LogP contribution in [-0.2, 0) is 14.8 Å². The molecule has 0 radical (unpaired) electrons. The summed E-state index contributed by atoms with van der Waals surface area (Å²) in [6.45, 7) is 0. The van der Waals surface area contributed by atoms with Crippen LogP contribution in [0.1, 0.15) is 12.8 Å². The van der Waals surface area contributed by atoms with Crippen LogP contribution >= 0.6 is 11.6 Å². The van der Waals surface area contributed by atoms with Gasteiger partial charge in [-0.05, 0) is 31.0 Å². The van der Waals surface area contributed by atoms with Crippen molar-refractivity contribution in [2.45, 2.75) is 23.3 Å². The van der Waals surface area contributed by atoms with Gasteiger partial charge in [-0.2, -0.15) is 0 Å². The lowest BCUT2D eigenvalue weighted by Gasteiger charge is -2.12. The second-order valence-electron chi connectivity index (χ2n) is 4.30. The molecule has 0 saturated heterocycles. The third kappa shape index (κ3) is 2.64. The average molecular weight is 290 g/mol. The van der Waals surface area contributed by atoms with Crippen molar-refractivity contribution in [3.63, 3.8) is 0 Å². The number of hydrogen-bond donors (Lipinski definition) is 3. The Morgan fingerprint density at radius 2 is 2.00 bits per heavy atom. The smallest absolute Gasteiger partial charge is 0.244 e. The molecule has 6 nitrogen and oxygen atoms in total. The van der Waals surface area contributed by atoms with Crippen LogP contribution in [0.2, 0.25) is 5.02 Å². The van der Waals surface area contributed by atoms with Gasteiger partial charge in [-0.1, -0.05) is 11.6 Å². The molecule has 5 N–H and O–H groups in total. The van der Waals surface area contributed by atoms with Crippen molar-refractivity contribution in [1.29, 1.82) is 0 Å². The average Bonchev–Trinajstić information content (AvgIpc) is 2.99. The van der Waals surface area contributed by atoms with E-state index < -0.39 is 15.6 Å².